The molecule has 33 heteroatoms. The molecule has 11 amide bonds. The van der Waals surface area contributed by atoms with Crippen molar-refractivity contribution in [2.75, 3.05) is 26.4 Å². The van der Waals surface area contributed by atoms with Crippen LogP contribution in [0, 0.1) is 11.8 Å². The Bertz CT molecular complexity index is 2490. The van der Waals surface area contributed by atoms with E-state index in [0.29, 0.717) is 12.0 Å². The van der Waals surface area contributed by atoms with Crippen molar-refractivity contribution in [3.8, 4) is 0 Å². The number of primary amides is 1. The second kappa shape index (κ2) is 39.3. The summed E-state index contributed by atoms with van der Waals surface area (Å²) < 4.78 is 0. The van der Waals surface area contributed by atoms with Crippen LogP contribution in [0.2, 0.25) is 0 Å². The number of hydrogen-bond acceptors (Lipinski definition) is 19. The molecule has 33 nitrogen and oxygen atoms in total. The van der Waals surface area contributed by atoms with E-state index in [4.69, 9.17) is 17.2 Å². The molecule has 0 saturated heterocycles. The van der Waals surface area contributed by atoms with Gasteiger partial charge < -0.3 is 101 Å². The van der Waals surface area contributed by atoms with E-state index in [2.05, 4.69) is 53.2 Å². The largest absolute Gasteiger partial charge is 0.481 e. The van der Waals surface area contributed by atoms with Crippen LogP contribution < -0.4 is 70.4 Å². The second-order valence-corrected chi connectivity index (χ2v) is 21.1. The number of benzene rings is 1. The van der Waals surface area contributed by atoms with Gasteiger partial charge in [-0.25, -0.2) is 4.79 Å². The number of nitrogens with one attached hydrogen (secondary N) is 10. The van der Waals surface area contributed by atoms with E-state index in [-0.39, 0.29) is 50.5 Å². The molecule has 1 aromatic rings. The number of unbranched alkanes of at least 4 members (excludes halogenated alkanes) is 1. The van der Waals surface area contributed by atoms with Gasteiger partial charge in [-0.3, -0.25) is 62.3 Å². The third-order valence-corrected chi connectivity index (χ3v) is 12.6. The fourth-order valence-corrected chi connectivity index (χ4v) is 8.03. The summed E-state index contributed by atoms with van der Waals surface area (Å²) >= 11 is 0. The van der Waals surface area contributed by atoms with Crippen LogP contribution in [-0.2, 0) is 73.5 Å². The van der Waals surface area contributed by atoms with Crippen LogP contribution in [0.5, 0.6) is 0 Å². The molecular weight excluding hydrogens is 1140 g/mol. The fraction of sp³-hybridized carbons (Fsp3) is 0.623. The molecule has 0 heterocycles. The maximum absolute atomic E-state index is 14.3. The van der Waals surface area contributed by atoms with E-state index >= 15 is 0 Å². The molecular formula is C53H85N13O20. The summed E-state index contributed by atoms with van der Waals surface area (Å²) in [6.45, 7) is 4.67. The lowest BCUT2D eigenvalue weighted by Gasteiger charge is -2.28. The van der Waals surface area contributed by atoms with Gasteiger partial charge in [-0.2, -0.15) is 0 Å². The van der Waals surface area contributed by atoms with Gasteiger partial charge in [-0.05, 0) is 75.8 Å². The molecule has 1 aromatic carbocycles. The summed E-state index contributed by atoms with van der Waals surface area (Å²) in [4.78, 5) is 182. The number of carboxylic acid groups (broad SMARTS) is 3. The Morgan fingerprint density at radius 1 is 0.419 bits per heavy atom. The third kappa shape index (κ3) is 28.9. The fourth-order valence-electron chi connectivity index (χ4n) is 8.03. The zero-order valence-electron chi connectivity index (χ0n) is 48.6. The number of carboxylic acids is 3. The molecule has 0 spiro atoms. The van der Waals surface area contributed by atoms with Crippen LogP contribution in [-0.4, -0.2) is 206 Å². The van der Waals surface area contributed by atoms with E-state index in [0.717, 1.165) is 0 Å². The zero-order valence-corrected chi connectivity index (χ0v) is 48.6. The molecule has 0 aliphatic heterocycles. The van der Waals surface area contributed by atoms with Crippen molar-refractivity contribution in [3.63, 3.8) is 0 Å². The first kappa shape index (κ1) is 75.6. The van der Waals surface area contributed by atoms with Crippen LogP contribution in [0.1, 0.15) is 104 Å². The average Bonchev–Trinajstić information content (AvgIpc) is 3.62. The van der Waals surface area contributed by atoms with E-state index < -0.39 is 201 Å². The highest BCUT2D eigenvalue weighted by molar-refractivity contribution is 5.99. The topological polar surface area (TPSA) is 559 Å². The SMILES string of the molecule is CC(C)C[C@H](NC(=O)[C@H](CCC(=O)O)NC(=O)[C@H](CCC(N)=O)NC(=O)[C@H](CO)NC(=O)[C@H](CCCCN)NC(=O)[C@H](Cc1ccccc1)NC(=O)[C@H](CO)NC(=O)[C@H](CO)NC(=O)[C@H](CC(C)C)NC(=O)[C@H](CC(=O)O)NC(=O)[C@H](C)N)C(=O)O. The van der Waals surface area contributed by atoms with E-state index in [9.17, 15) is 97.8 Å². The van der Waals surface area contributed by atoms with Crippen LogP contribution in [0.4, 0.5) is 0 Å². The van der Waals surface area contributed by atoms with Gasteiger partial charge in [0.05, 0.1) is 32.3 Å². The van der Waals surface area contributed by atoms with Crippen molar-refractivity contribution in [2.45, 2.75) is 172 Å². The normalized spacial score (nSPS) is 14.9. The molecule has 482 valence electrons. The van der Waals surface area contributed by atoms with Crippen molar-refractivity contribution < 1.29 is 97.8 Å². The maximum atomic E-state index is 14.3. The highest BCUT2D eigenvalue weighted by Gasteiger charge is 2.37. The number of nitrogens with two attached hydrogens (primary N) is 3. The first-order chi connectivity index (χ1) is 40.4. The highest BCUT2D eigenvalue weighted by Crippen LogP contribution is 2.12. The number of hydrogen-bond donors (Lipinski definition) is 19. The Balaban J connectivity index is 3.50. The van der Waals surface area contributed by atoms with Crippen LogP contribution in [0.3, 0.4) is 0 Å². The van der Waals surface area contributed by atoms with Gasteiger partial charge in [0.25, 0.3) is 0 Å². The Hall–Kier alpha value is -8.40. The second-order valence-electron chi connectivity index (χ2n) is 21.1. The van der Waals surface area contributed by atoms with Gasteiger partial charge in [-0.15, -0.1) is 0 Å². The molecule has 0 bridgehead atoms. The predicted molar refractivity (Wildman–Crippen MR) is 301 cm³/mol. The van der Waals surface area contributed by atoms with Gasteiger partial charge in [0, 0.05) is 19.3 Å². The number of aliphatic carboxylic acids is 3. The summed E-state index contributed by atoms with van der Waals surface area (Å²) in [6.07, 6.45) is -3.41. The molecule has 0 fully saturated rings. The number of rotatable bonds is 42. The van der Waals surface area contributed by atoms with Crippen molar-refractivity contribution >= 4 is 82.9 Å². The predicted octanol–water partition coefficient (Wildman–Crippen LogP) is -6.69. The van der Waals surface area contributed by atoms with Gasteiger partial charge >= 0.3 is 17.9 Å². The van der Waals surface area contributed by atoms with Gasteiger partial charge in [0.2, 0.25) is 65.0 Å². The number of aliphatic hydroxyl groups excluding tert-OH is 3. The molecule has 0 radical (unpaired) electrons. The molecule has 22 N–H and O–H groups in total. The summed E-state index contributed by atoms with van der Waals surface area (Å²) in [6, 6.07) is -10.1. The summed E-state index contributed by atoms with van der Waals surface area (Å²) in [5.41, 5.74) is 17.0. The Morgan fingerprint density at radius 3 is 1.16 bits per heavy atom. The number of carbonyl (C=O) groups excluding carboxylic acids is 11. The molecule has 0 aliphatic carbocycles. The van der Waals surface area contributed by atoms with Crippen LogP contribution in [0.25, 0.3) is 0 Å². The number of aliphatic hydroxyl groups is 3. The van der Waals surface area contributed by atoms with Gasteiger partial charge in [0.15, 0.2) is 0 Å². The standard InChI is InChI=1S/C53H85N13O20/c1-26(2)19-33(61-49(81)35(22-42(73)74)60-43(75)28(5)55)47(79)65-39(25-69)52(84)66-38(24-68)51(83)62-34(21-29-11-7-6-8-12-29)48(80)57-30(13-9-10-18-54)44(76)64-37(23-67)50(82)59-31(14-16-40(56)70)45(77)58-32(15-17-41(71)72)46(78)63-36(53(85)86)20-27(3)4/h6-8,11-12,26-28,30-39,67-69H,9-10,13-25,54-55H2,1-5H3,(H2,56,70)(H,57,80)(H,58,77)(H,59,82)(H,60,75)(H,61,81)(H,62,83)(H,63,78)(H,64,76)(H,65,79)(H,66,84)(H,71,72)(H,73,74)(H,85,86)/t28-,30-,31-,32-,33-,34-,35-,36-,37-,38-,39-/m0/s1. The van der Waals surface area contributed by atoms with E-state index in [1.165, 1.54) is 6.92 Å². The highest BCUT2D eigenvalue weighted by atomic mass is 16.4. The summed E-state index contributed by atoms with van der Waals surface area (Å²) in [7, 11) is 0. The Kier molecular flexibility index (Phi) is 34.5. The number of amides is 11. The summed E-state index contributed by atoms with van der Waals surface area (Å²) in [5, 5.41) is 82.2. The monoisotopic (exact) mass is 1220 g/mol. The Morgan fingerprint density at radius 2 is 0.767 bits per heavy atom. The lowest BCUT2D eigenvalue weighted by molar-refractivity contribution is -0.143. The molecule has 0 aliphatic rings. The first-order valence-corrected chi connectivity index (χ1v) is 27.7. The van der Waals surface area contributed by atoms with Crippen LogP contribution in [0.15, 0.2) is 30.3 Å². The molecule has 0 saturated carbocycles. The van der Waals surface area contributed by atoms with Crippen molar-refractivity contribution in [3.05, 3.63) is 35.9 Å². The van der Waals surface area contributed by atoms with Gasteiger partial charge in [0.1, 0.15) is 60.4 Å². The van der Waals surface area contributed by atoms with E-state index in [1.807, 2.05) is 0 Å². The molecule has 11 atom stereocenters. The van der Waals surface area contributed by atoms with Crippen molar-refractivity contribution in [1.82, 2.24) is 53.2 Å². The average molecular weight is 1220 g/mol. The third-order valence-electron chi connectivity index (χ3n) is 12.6. The van der Waals surface area contributed by atoms with Crippen molar-refractivity contribution in [1.29, 1.82) is 0 Å². The minimum Gasteiger partial charge on any atom is -0.481 e. The van der Waals surface area contributed by atoms with Crippen molar-refractivity contribution in [2.24, 2.45) is 29.0 Å². The van der Waals surface area contributed by atoms with Crippen LogP contribution >= 0.6 is 0 Å². The quantitative estimate of drug-likeness (QED) is 0.0271. The Labute approximate surface area is 495 Å². The lowest BCUT2D eigenvalue weighted by atomic mass is 10.0. The first-order valence-electron chi connectivity index (χ1n) is 27.7. The lowest BCUT2D eigenvalue weighted by Crippen LogP contribution is -2.62. The zero-order chi connectivity index (χ0) is 65.4. The minimum atomic E-state index is -1.91. The smallest absolute Gasteiger partial charge is 0.326 e. The maximum Gasteiger partial charge on any atom is 0.326 e. The molecule has 0 aromatic heterocycles. The van der Waals surface area contributed by atoms with E-state index in [1.54, 1.807) is 58.0 Å². The molecule has 0 unspecified atom stereocenters. The molecule has 1 rings (SSSR count). The molecule has 86 heavy (non-hydrogen) atoms. The summed E-state index contributed by atoms with van der Waals surface area (Å²) in [5.74, 6) is -17.0. The number of carbonyl (C=O) groups is 14. The van der Waals surface area contributed by atoms with Gasteiger partial charge in [-0.1, -0.05) is 58.0 Å². The minimum absolute atomic E-state index is 0.0443.